The van der Waals surface area contributed by atoms with Gasteiger partial charge in [-0.15, -0.1) is 3.71 Å². The molecular weight excluding hydrogens is 294 g/mol. The molecule has 17 heavy (non-hydrogen) atoms. The zero-order chi connectivity index (χ0) is 13.4. The summed E-state index contributed by atoms with van der Waals surface area (Å²) < 4.78 is 60.8. The molecule has 0 atom stereocenters. The van der Waals surface area contributed by atoms with E-state index in [2.05, 4.69) is 0 Å². The average Bonchev–Trinajstić information content (AvgIpc) is 2.08. The van der Waals surface area contributed by atoms with Gasteiger partial charge >= 0.3 is 20.6 Å². The molecule has 0 radical (unpaired) electrons. The minimum absolute atomic E-state index is 0.0735. The van der Waals surface area contributed by atoms with Gasteiger partial charge in [-0.2, -0.15) is 16.8 Å². The van der Waals surface area contributed by atoms with Crippen molar-refractivity contribution in [3.63, 3.8) is 0 Å². The Balaban J connectivity index is 3.62. The number of anilines is 1. The Hall–Kier alpha value is -0.870. The van der Waals surface area contributed by atoms with Crippen LogP contribution in [0.15, 0.2) is 18.2 Å². The lowest BCUT2D eigenvalue weighted by Crippen LogP contribution is -2.36. The molecule has 1 rings (SSSR count). The van der Waals surface area contributed by atoms with E-state index >= 15 is 0 Å². The van der Waals surface area contributed by atoms with Crippen LogP contribution in [0.5, 0.6) is 0 Å². The van der Waals surface area contributed by atoms with Crippen molar-refractivity contribution >= 4 is 37.9 Å². The maximum absolute atomic E-state index is 10.9. The third kappa shape index (κ3) is 3.07. The second-order valence-corrected chi connectivity index (χ2v) is 6.20. The van der Waals surface area contributed by atoms with Crippen molar-refractivity contribution in [3.8, 4) is 0 Å². The molecule has 0 heterocycles. The highest BCUT2D eigenvalue weighted by atomic mass is 35.5. The number of nitrogens with zero attached hydrogens (tertiary/aromatic N) is 1. The van der Waals surface area contributed by atoms with E-state index in [0.29, 0.717) is 0 Å². The third-order valence-electron chi connectivity index (χ3n) is 1.85. The fraction of sp³-hybridized carbons (Fsp3) is 0.143. The monoisotopic (exact) mass is 301 g/mol. The first-order valence-corrected chi connectivity index (χ1v) is 7.23. The molecule has 1 aromatic carbocycles. The summed E-state index contributed by atoms with van der Waals surface area (Å²) in [6.45, 7) is 1.33. The summed E-state index contributed by atoms with van der Waals surface area (Å²) in [5.74, 6) is 0. The molecule has 0 bridgehead atoms. The number of benzene rings is 1. The first-order valence-electron chi connectivity index (χ1n) is 4.05. The fourth-order valence-electron chi connectivity index (χ4n) is 1.16. The van der Waals surface area contributed by atoms with Gasteiger partial charge in [-0.1, -0.05) is 17.7 Å². The molecule has 0 aliphatic heterocycles. The van der Waals surface area contributed by atoms with E-state index in [0.717, 1.165) is 6.07 Å². The van der Waals surface area contributed by atoms with E-state index in [-0.39, 0.29) is 10.6 Å². The molecule has 1 aromatic rings. The molecule has 96 valence electrons. The summed E-state index contributed by atoms with van der Waals surface area (Å²) in [6, 6.07) is 3.74. The van der Waals surface area contributed by atoms with E-state index in [9.17, 15) is 16.8 Å². The molecule has 2 N–H and O–H groups in total. The van der Waals surface area contributed by atoms with Crippen molar-refractivity contribution in [1.29, 1.82) is 0 Å². The molecule has 0 aromatic heterocycles. The summed E-state index contributed by atoms with van der Waals surface area (Å²) in [5.41, 5.74) is -0.382. The highest BCUT2D eigenvalue weighted by Gasteiger charge is 2.32. The first-order chi connectivity index (χ1) is 7.55. The summed E-state index contributed by atoms with van der Waals surface area (Å²) >= 11 is 5.68. The lowest BCUT2D eigenvalue weighted by atomic mass is 10.2. The lowest BCUT2D eigenvalue weighted by Gasteiger charge is -2.18. The van der Waals surface area contributed by atoms with Crippen LogP contribution in [0.25, 0.3) is 0 Å². The zero-order valence-electron chi connectivity index (χ0n) is 8.40. The van der Waals surface area contributed by atoms with Gasteiger partial charge in [0, 0.05) is 5.02 Å². The van der Waals surface area contributed by atoms with Gasteiger partial charge in [0.05, 0.1) is 5.69 Å². The van der Waals surface area contributed by atoms with Crippen molar-refractivity contribution in [3.05, 3.63) is 28.8 Å². The first kappa shape index (κ1) is 14.2. The summed E-state index contributed by atoms with van der Waals surface area (Å²) in [5, 5.41) is 0.0831. The Labute approximate surface area is 103 Å². The second-order valence-electron chi connectivity index (χ2n) is 3.04. The van der Waals surface area contributed by atoms with Crippen molar-refractivity contribution in [2.45, 2.75) is 6.92 Å². The molecule has 0 aliphatic carbocycles. The highest BCUT2D eigenvalue weighted by Crippen LogP contribution is 2.29. The Morgan fingerprint density at radius 2 is 1.59 bits per heavy atom. The molecule has 0 fully saturated rings. The Morgan fingerprint density at radius 3 is 2.00 bits per heavy atom. The summed E-state index contributed by atoms with van der Waals surface area (Å²) in [4.78, 5) is 0. The van der Waals surface area contributed by atoms with Gasteiger partial charge in [-0.3, -0.25) is 9.11 Å². The quantitative estimate of drug-likeness (QED) is 0.807. The van der Waals surface area contributed by atoms with Gasteiger partial charge in [0.1, 0.15) is 0 Å². The van der Waals surface area contributed by atoms with Gasteiger partial charge in [0.15, 0.2) is 0 Å². The van der Waals surface area contributed by atoms with Crippen molar-refractivity contribution < 1.29 is 25.9 Å². The molecule has 10 heteroatoms. The Bertz CT molecular complexity index is 606. The van der Waals surface area contributed by atoms with Crippen LogP contribution in [-0.4, -0.2) is 25.9 Å². The Kier molecular flexibility index (Phi) is 3.69. The Morgan fingerprint density at radius 1 is 1.12 bits per heavy atom. The fourth-order valence-corrected chi connectivity index (χ4v) is 3.18. The van der Waals surface area contributed by atoms with Crippen LogP contribution in [0, 0.1) is 6.92 Å². The van der Waals surface area contributed by atoms with Gasteiger partial charge in [-0.05, 0) is 24.6 Å². The van der Waals surface area contributed by atoms with E-state index in [1.54, 1.807) is 0 Å². The van der Waals surface area contributed by atoms with E-state index in [4.69, 9.17) is 20.7 Å². The minimum atomic E-state index is -5.18. The van der Waals surface area contributed by atoms with Gasteiger partial charge < -0.3 is 0 Å². The van der Waals surface area contributed by atoms with E-state index in [1.807, 2.05) is 0 Å². The molecule has 7 nitrogen and oxygen atoms in total. The topological polar surface area (TPSA) is 112 Å². The minimum Gasteiger partial charge on any atom is -0.268 e. The van der Waals surface area contributed by atoms with Gasteiger partial charge in [0.25, 0.3) is 0 Å². The summed E-state index contributed by atoms with van der Waals surface area (Å²) in [6.07, 6.45) is 0. The van der Waals surface area contributed by atoms with Crippen LogP contribution in [-0.2, 0) is 20.6 Å². The third-order valence-corrected chi connectivity index (χ3v) is 4.63. The maximum atomic E-state index is 10.9. The molecule has 0 spiro atoms. The molecular formula is C7H8ClNO6S2. The van der Waals surface area contributed by atoms with Gasteiger partial charge in [-0.25, -0.2) is 0 Å². The van der Waals surface area contributed by atoms with Crippen LogP contribution in [0.2, 0.25) is 5.02 Å². The van der Waals surface area contributed by atoms with Crippen LogP contribution in [0.3, 0.4) is 0 Å². The molecule has 0 unspecified atom stereocenters. The van der Waals surface area contributed by atoms with Crippen LogP contribution in [0.4, 0.5) is 5.69 Å². The molecule has 0 aliphatic rings. The standard InChI is InChI=1S/C7H8ClNO6S2/c1-5-6(8)3-2-4-7(5)9(16(10,11)12)17(13,14)15/h2-4H,1H3,(H,10,11,12)(H,13,14,15). The van der Waals surface area contributed by atoms with Crippen LogP contribution >= 0.6 is 11.6 Å². The number of hydrogen-bond acceptors (Lipinski definition) is 4. The normalized spacial score (nSPS) is 12.5. The smallest absolute Gasteiger partial charge is 0.268 e. The van der Waals surface area contributed by atoms with Crippen molar-refractivity contribution in [2.75, 3.05) is 3.71 Å². The largest absolute Gasteiger partial charge is 0.375 e. The molecule has 0 saturated carbocycles. The predicted molar refractivity (Wildman–Crippen MR) is 61.8 cm³/mol. The van der Waals surface area contributed by atoms with Gasteiger partial charge in [0.2, 0.25) is 0 Å². The molecule has 0 saturated heterocycles. The van der Waals surface area contributed by atoms with Crippen molar-refractivity contribution in [1.82, 2.24) is 0 Å². The summed E-state index contributed by atoms with van der Waals surface area (Å²) in [7, 11) is -10.4. The lowest BCUT2D eigenvalue weighted by molar-refractivity contribution is 0.466. The maximum Gasteiger partial charge on any atom is 0.375 e. The van der Waals surface area contributed by atoms with Crippen molar-refractivity contribution in [2.24, 2.45) is 0 Å². The predicted octanol–water partition coefficient (Wildman–Crippen LogP) is 1.06. The number of halogens is 1. The van der Waals surface area contributed by atoms with E-state index < -0.39 is 30.0 Å². The van der Waals surface area contributed by atoms with Crippen LogP contribution in [0.1, 0.15) is 5.56 Å². The zero-order valence-corrected chi connectivity index (χ0v) is 10.8. The number of hydrogen-bond donors (Lipinski definition) is 2. The number of rotatable bonds is 3. The molecule has 0 amide bonds. The highest BCUT2D eigenvalue weighted by molar-refractivity contribution is 8.05. The van der Waals surface area contributed by atoms with Crippen LogP contribution < -0.4 is 3.71 Å². The van der Waals surface area contributed by atoms with E-state index in [1.165, 1.54) is 19.1 Å². The second kappa shape index (κ2) is 4.42. The average molecular weight is 302 g/mol. The SMILES string of the molecule is Cc1c(Cl)cccc1N(S(=O)(=O)O)S(=O)(=O)O.